The van der Waals surface area contributed by atoms with Crippen molar-refractivity contribution in [1.82, 2.24) is 14.5 Å². The van der Waals surface area contributed by atoms with Gasteiger partial charge < -0.3 is 5.32 Å². The molecule has 1 aromatic carbocycles. The highest BCUT2D eigenvalue weighted by Gasteiger charge is 2.21. The number of likely N-dealkylation sites (tertiary alicyclic amines) is 1. The lowest BCUT2D eigenvalue weighted by molar-refractivity contribution is -0.116. The zero-order valence-corrected chi connectivity index (χ0v) is 19.0. The number of aryl methyl sites for hydroxylation is 2. The van der Waals surface area contributed by atoms with Gasteiger partial charge in [-0.2, -0.15) is 0 Å². The van der Waals surface area contributed by atoms with Crippen molar-refractivity contribution in [2.45, 2.75) is 46.7 Å². The van der Waals surface area contributed by atoms with E-state index in [9.17, 15) is 9.59 Å². The van der Waals surface area contributed by atoms with Gasteiger partial charge in [0.25, 0.3) is 5.56 Å². The van der Waals surface area contributed by atoms with Crippen LogP contribution in [0.2, 0.25) is 5.02 Å². The van der Waals surface area contributed by atoms with Crippen LogP contribution in [0.4, 0.5) is 5.69 Å². The van der Waals surface area contributed by atoms with E-state index in [0.29, 0.717) is 28.5 Å². The fraction of sp³-hybridized carbons (Fsp3) is 0.409. The smallest absolute Gasteiger partial charge is 0.263 e. The average Bonchev–Trinajstić information content (AvgIpc) is 3.30. The van der Waals surface area contributed by atoms with E-state index < -0.39 is 0 Å². The molecular formula is C22H25ClN4O2S. The van der Waals surface area contributed by atoms with E-state index in [0.717, 1.165) is 46.8 Å². The maximum Gasteiger partial charge on any atom is 0.263 e. The molecule has 1 fully saturated rings. The Bertz CT molecular complexity index is 1180. The minimum absolute atomic E-state index is 0.0781. The number of hydrogen-bond acceptors (Lipinski definition) is 5. The number of rotatable bonds is 5. The molecule has 0 radical (unpaired) electrons. The van der Waals surface area contributed by atoms with Crippen molar-refractivity contribution >= 4 is 44.7 Å². The normalized spacial score (nSPS) is 14.5. The molecule has 30 heavy (non-hydrogen) atoms. The van der Waals surface area contributed by atoms with Gasteiger partial charge in [-0.05, 0) is 70.0 Å². The van der Waals surface area contributed by atoms with Gasteiger partial charge in [-0.15, -0.1) is 11.3 Å². The largest absolute Gasteiger partial charge is 0.324 e. The molecule has 3 heterocycles. The molecule has 0 aliphatic carbocycles. The Morgan fingerprint density at radius 2 is 1.93 bits per heavy atom. The molecule has 0 atom stereocenters. The van der Waals surface area contributed by atoms with E-state index in [1.165, 1.54) is 4.57 Å². The predicted molar refractivity (Wildman–Crippen MR) is 123 cm³/mol. The molecule has 0 saturated carbocycles. The number of carbonyl (C=O) groups excluding carboxylic acids is 1. The van der Waals surface area contributed by atoms with Gasteiger partial charge >= 0.3 is 0 Å². The fourth-order valence-electron chi connectivity index (χ4n) is 3.87. The van der Waals surface area contributed by atoms with Crippen molar-refractivity contribution in [3.8, 4) is 0 Å². The third-order valence-corrected chi connectivity index (χ3v) is 7.29. The zero-order valence-electron chi connectivity index (χ0n) is 17.4. The van der Waals surface area contributed by atoms with Crippen LogP contribution in [0.15, 0.2) is 23.0 Å². The minimum Gasteiger partial charge on any atom is -0.324 e. The Labute approximate surface area is 184 Å². The van der Waals surface area contributed by atoms with Crippen LogP contribution < -0.4 is 10.9 Å². The number of fused-ring (bicyclic) bond motifs is 1. The highest BCUT2D eigenvalue weighted by atomic mass is 35.5. The molecule has 8 heteroatoms. The van der Waals surface area contributed by atoms with Crippen molar-refractivity contribution < 1.29 is 4.79 Å². The summed E-state index contributed by atoms with van der Waals surface area (Å²) in [7, 11) is 0. The second-order valence-electron chi connectivity index (χ2n) is 7.83. The zero-order chi connectivity index (χ0) is 21.4. The second-order valence-corrected chi connectivity index (χ2v) is 9.44. The molecule has 0 unspecified atom stereocenters. The van der Waals surface area contributed by atoms with Gasteiger partial charge in [0.15, 0.2) is 0 Å². The summed E-state index contributed by atoms with van der Waals surface area (Å²) in [4.78, 5) is 35.2. The van der Waals surface area contributed by atoms with Gasteiger partial charge in [-0.3, -0.25) is 19.1 Å². The van der Waals surface area contributed by atoms with Crippen LogP contribution in [0.3, 0.4) is 0 Å². The SMILES string of the molecule is Cc1sc2nc(CN3CCCC3)n(CC(=O)Nc3cccc(Cl)c3C)c(=O)c2c1C. The Kier molecular flexibility index (Phi) is 5.95. The highest BCUT2D eigenvalue weighted by molar-refractivity contribution is 7.18. The topological polar surface area (TPSA) is 67.2 Å². The van der Waals surface area contributed by atoms with Crippen LogP contribution in [0.5, 0.6) is 0 Å². The number of benzene rings is 1. The molecule has 1 aliphatic heterocycles. The number of halogens is 1. The van der Waals surface area contributed by atoms with E-state index in [-0.39, 0.29) is 18.0 Å². The van der Waals surface area contributed by atoms with Crippen molar-refractivity contribution in [1.29, 1.82) is 0 Å². The van der Waals surface area contributed by atoms with Crippen molar-refractivity contribution in [3.63, 3.8) is 0 Å². The first-order valence-electron chi connectivity index (χ1n) is 10.1. The first-order chi connectivity index (χ1) is 14.3. The predicted octanol–water partition coefficient (Wildman–Crippen LogP) is 4.27. The summed E-state index contributed by atoms with van der Waals surface area (Å²) < 4.78 is 1.54. The van der Waals surface area contributed by atoms with Gasteiger partial charge in [-0.25, -0.2) is 4.98 Å². The number of aromatic nitrogens is 2. The lowest BCUT2D eigenvalue weighted by atomic mass is 10.2. The standard InChI is InChI=1S/C22H25ClN4O2S/c1-13-15(3)30-21-20(13)22(29)27(18(25-21)11-26-9-4-5-10-26)12-19(28)24-17-8-6-7-16(23)14(17)2/h6-8H,4-5,9-12H2,1-3H3,(H,24,28). The summed E-state index contributed by atoms with van der Waals surface area (Å²) in [6.45, 7) is 8.27. The Hall–Kier alpha value is -2.22. The van der Waals surface area contributed by atoms with Crippen LogP contribution in [-0.2, 0) is 17.9 Å². The third-order valence-electron chi connectivity index (χ3n) is 5.78. The monoisotopic (exact) mass is 444 g/mol. The van der Waals surface area contributed by atoms with Crippen molar-refractivity contribution in [3.05, 3.63) is 55.4 Å². The highest BCUT2D eigenvalue weighted by Crippen LogP contribution is 2.27. The molecule has 1 aliphatic rings. The summed E-state index contributed by atoms with van der Waals surface area (Å²) in [5, 5.41) is 4.10. The van der Waals surface area contributed by atoms with E-state index in [1.807, 2.05) is 20.8 Å². The molecule has 1 amide bonds. The van der Waals surface area contributed by atoms with Crippen LogP contribution in [-0.4, -0.2) is 33.4 Å². The number of anilines is 1. The molecule has 0 spiro atoms. The second kappa shape index (κ2) is 8.49. The fourth-order valence-corrected chi connectivity index (χ4v) is 5.08. The number of nitrogens with zero attached hydrogens (tertiary/aromatic N) is 3. The quantitative estimate of drug-likeness (QED) is 0.638. The summed E-state index contributed by atoms with van der Waals surface area (Å²) in [6, 6.07) is 5.38. The van der Waals surface area contributed by atoms with Gasteiger partial charge in [0, 0.05) is 15.6 Å². The Morgan fingerprint density at radius 3 is 2.67 bits per heavy atom. The van der Waals surface area contributed by atoms with E-state index >= 15 is 0 Å². The number of carbonyl (C=O) groups is 1. The van der Waals surface area contributed by atoms with Gasteiger partial charge in [-0.1, -0.05) is 17.7 Å². The van der Waals surface area contributed by atoms with Gasteiger partial charge in [0.05, 0.1) is 11.9 Å². The van der Waals surface area contributed by atoms with Crippen molar-refractivity contribution in [2.24, 2.45) is 0 Å². The molecule has 4 rings (SSSR count). The molecule has 6 nitrogen and oxygen atoms in total. The molecule has 2 aromatic heterocycles. The number of hydrogen-bond donors (Lipinski definition) is 1. The molecule has 3 aromatic rings. The maximum atomic E-state index is 13.4. The molecular weight excluding hydrogens is 420 g/mol. The van der Waals surface area contributed by atoms with Gasteiger partial charge in [0.1, 0.15) is 17.2 Å². The summed E-state index contributed by atoms with van der Waals surface area (Å²) in [5.41, 5.74) is 2.25. The van der Waals surface area contributed by atoms with Gasteiger partial charge in [0.2, 0.25) is 5.91 Å². The summed E-state index contributed by atoms with van der Waals surface area (Å²) >= 11 is 7.71. The van der Waals surface area contributed by atoms with Crippen LogP contribution in [0.1, 0.15) is 34.7 Å². The van der Waals surface area contributed by atoms with Crippen LogP contribution in [0.25, 0.3) is 10.2 Å². The lowest BCUT2D eigenvalue weighted by Crippen LogP contribution is -2.33. The number of amides is 1. The van der Waals surface area contributed by atoms with E-state index in [2.05, 4.69) is 10.2 Å². The molecule has 158 valence electrons. The van der Waals surface area contributed by atoms with Crippen LogP contribution in [0, 0.1) is 20.8 Å². The Morgan fingerprint density at radius 1 is 1.20 bits per heavy atom. The first kappa shape index (κ1) is 21.0. The Balaban J connectivity index is 1.70. The number of nitrogens with one attached hydrogen (secondary N) is 1. The number of thiophene rings is 1. The summed E-state index contributed by atoms with van der Waals surface area (Å²) in [6.07, 6.45) is 2.30. The molecule has 0 bridgehead atoms. The van der Waals surface area contributed by atoms with E-state index in [4.69, 9.17) is 16.6 Å². The first-order valence-corrected chi connectivity index (χ1v) is 11.3. The minimum atomic E-state index is -0.268. The lowest BCUT2D eigenvalue weighted by Gasteiger charge is -2.18. The van der Waals surface area contributed by atoms with Crippen molar-refractivity contribution in [2.75, 3.05) is 18.4 Å². The van der Waals surface area contributed by atoms with Crippen LogP contribution >= 0.6 is 22.9 Å². The average molecular weight is 445 g/mol. The summed E-state index contributed by atoms with van der Waals surface area (Å²) in [5.74, 6) is 0.379. The van der Waals surface area contributed by atoms with E-state index in [1.54, 1.807) is 29.5 Å². The molecule has 1 N–H and O–H groups in total. The molecule has 1 saturated heterocycles. The third kappa shape index (κ3) is 4.02. The maximum absolute atomic E-state index is 13.4.